The van der Waals surface area contributed by atoms with Crippen molar-refractivity contribution in [1.82, 2.24) is 9.88 Å². The van der Waals surface area contributed by atoms with E-state index in [0.717, 1.165) is 28.2 Å². The van der Waals surface area contributed by atoms with Crippen LogP contribution in [0, 0.1) is 0 Å². The lowest BCUT2D eigenvalue weighted by Crippen LogP contribution is -2.43. The molecule has 1 unspecified atom stereocenters. The predicted octanol–water partition coefficient (Wildman–Crippen LogP) is 4.33. The maximum Gasteiger partial charge on any atom is 0.254 e. The van der Waals surface area contributed by atoms with Gasteiger partial charge in [0.1, 0.15) is 0 Å². The monoisotopic (exact) mass is 438 g/mol. The van der Waals surface area contributed by atoms with Crippen LogP contribution in [0.25, 0.3) is 0 Å². The van der Waals surface area contributed by atoms with E-state index in [0.29, 0.717) is 5.57 Å². The lowest BCUT2D eigenvalue weighted by atomic mass is 9.93. The van der Waals surface area contributed by atoms with Gasteiger partial charge in [-0.3, -0.25) is 19.5 Å². The summed E-state index contributed by atoms with van der Waals surface area (Å²) in [5, 5.41) is 3.52. The molecule has 0 bridgehead atoms. The Morgan fingerprint density at radius 1 is 1.03 bits per heavy atom. The van der Waals surface area contributed by atoms with Crippen LogP contribution in [0.3, 0.4) is 0 Å². The summed E-state index contributed by atoms with van der Waals surface area (Å²) < 4.78 is 0. The van der Waals surface area contributed by atoms with Crippen LogP contribution in [0.1, 0.15) is 31.0 Å². The van der Waals surface area contributed by atoms with E-state index in [1.165, 1.54) is 0 Å². The second kappa shape index (κ2) is 7.89. The molecule has 0 spiro atoms. The van der Waals surface area contributed by atoms with Crippen LogP contribution in [-0.4, -0.2) is 34.3 Å². The van der Waals surface area contributed by atoms with Crippen LogP contribution >= 0.6 is 0 Å². The molecule has 1 N–H and O–H groups in total. The second-order valence-corrected chi connectivity index (χ2v) is 8.97. The third kappa shape index (κ3) is 3.39. The number of amides is 2. The number of para-hydroxylation sites is 2. The van der Waals surface area contributed by atoms with E-state index in [9.17, 15) is 9.59 Å². The number of benzene rings is 2. The van der Waals surface area contributed by atoms with E-state index in [2.05, 4.69) is 10.3 Å². The minimum absolute atomic E-state index is 0.0850. The molecule has 3 aromatic rings. The normalized spacial score (nSPS) is 19.0. The molecule has 6 heteroatoms. The molecule has 33 heavy (non-hydrogen) atoms. The molecule has 0 saturated carbocycles. The van der Waals surface area contributed by atoms with Gasteiger partial charge in [-0.15, -0.1) is 0 Å². The summed E-state index contributed by atoms with van der Waals surface area (Å²) in [5.74, 6) is -0.181. The van der Waals surface area contributed by atoms with Gasteiger partial charge in [0.05, 0.1) is 40.6 Å². The summed E-state index contributed by atoms with van der Waals surface area (Å²) in [4.78, 5) is 35.4. The molecule has 3 heterocycles. The number of pyridine rings is 1. The van der Waals surface area contributed by atoms with Crippen molar-refractivity contribution in [2.75, 3.05) is 17.3 Å². The third-order valence-corrected chi connectivity index (χ3v) is 6.68. The number of hydrogen-bond acceptors (Lipinski definition) is 4. The van der Waals surface area contributed by atoms with Gasteiger partial charge >= 0.3 is 0 Å². The van der Waals surface area contributed by atoms with Crippen molar-refractivity contribution < 1.29 is 9.59 Å². The fraction of sp³-hybridized carbons (Fsp3) is 0.222. The molecule has 2 aliphatic heterocycles. The topological polar surface area (TPSA) is 65.5 Å². The molecule has 5 rings (SSSR count). The SMILES string of the molecule is CN1C(=O)C2=C(Nc3ccccc3N(C(=O)Cc3ccccc3)C2c2cccnc2)C1(C)C. The molecule has 2 aromatic carbocycles. The van der Waals surface area contributed by atoms with Crippen molar-refractivity contribution in [2.24, 2.45) is 0 Å². The average molecular weight is 439 g/mol. The van der Waals surface area contributed by atoms with E-state index < -0.39 is 11.6 Å². The van der Waals surface area contributed by atoms with Crippen LogP contribution in [0.4, 0.5) is 11.4 Å². The van der Waals surface area contributed by atoms with E-state index in [4.69, 9.17) is 0 Å². The minimum Gasteiger partial charge on any atom is -0.355 e. The fourth-order valence-electron chi connectivity index (χ4n) is 4.69. The highest BCUT2D eigenvalue weighted by atomic mass is 16.2. The van der Waals surface area contributed by atoms with Crippen LogP contribution in [-0.2, 0) is 16.0 Å². The molecule has 2 amide bonds. The molecule has 1 atom stereocenters. The smallest absolute Gasteiger partial charge is 0.254 e. The molecule has 2 aliphatic rings. The second-order valence-electron chi connectivity index (χ2n) is 8.97. The summed E-state index contributed by atoms with van der Waals surface area (Å²) >= 11 is 0. The number of likely N-dealkylation sites (N-methyl/N-ethyl adjacent to an activating group) is 1. The van der Waals surface area contributed by atoms with Gasteiger partial charge in [0.15, 0.2) is 0 Å². The van der Waals surface area contributed by atoms with Crippen LogP contribution in [0.2, 0.25) is 0 Å². The maximum atomic E-state index is 13.9. The number of fused-ring (bicyclic) bond motifs is 1. The van der Waals surface area contributed by atoms with Gasteiger partial charge in [-0.1, -0.05) is 48.5 Å². The lowest BCUT2D eigenvalue weighted by Gasteiger charge is -2.34. The van der Waals surface area contributed by atoms with Crippen molar-refractivity contribution in [3.8, 4) is 0 Å². The molecule has 0 saturated heterocycles. The van der Waals surface area contributed by atoms with Gasteiger partial charge in [-0.25, -0.2) is 0 Å². The fourth-order valence-corrected chi connectivity index (χ4v) is 4.69. The van der Waals surface area contributed by atoms with Crippen LogP contribution in [0.5, 0.6) is 0 Å². The van der Waals surface area contributed by atoms with Crippen LogP contribution in [0.15, 0.2) is 90.4 Å². The molecule has 166 valence electrons. The molecular weight excluding hydrogens is 412 g/mol. The van der Waals surface area contributed by atoms with E-state index >= 15 is 0 Å². The lowest BCUT2D eigenvalue weighted by molar-refractivity contribution is -0.127. The third-order valence-electron chi connectivity index (χ3n) is 6.68. The maximum absolute atomic E-state index is 13.9. The zero-order chi connectivity index (χ0) is 23.2. The number of hydrogen-bond donors (Lipinski definition) is 1. The Morgan fingerprint density at radius 2 is 1.76 bits per heavy atom. The number of nitrogens with zero attached hydrogens (tertiary/aromatic N) is 3. The Balaban J connectivity index is 1.75. The van der Waals surface area contributed by atoms with Gasteiger partial charge in [-0.2, -0.15) is 0 Å². The standard InChI is InChI=1S/C27H26N4O2/c1-27(2)25-23(26(33)30(27)3)24(19-12-9-15-28-17-19)31(21-14-8-7-13-20(21)29-25)22(32)16-18-10-5-4-6-11-18/h4-15,17,24,29H,16H2,1-3H3. The average Bonchev–Trinajstić information content (AvgIpc) is 2.95. The van der Waals surface area contributed by atoms with E-state index in [1.54, 1.807) is 29.2 Å². The number of anilines is 2. The van der Waals surface area contributed by atoms with Gasteiger partial charge in [0, 0.05) is 19.4 Å². The first-order valence-electron chi connectivity index (χ1n) is 11.0. The number of carbonyl (C=O) groups is 2. The summed E-state index contributed by atoms with van der Waals surface area (Å²) in [6.07, 6.45) is 3.66. The quantitative estimate of drug-likeness (QED) is 0.661. The van der Waals surface area contributed by atoms with Crippen LogP contribution < -0.4 is 10.2 Å². The highest BCUT2D eigenvalue weighted by Crippen LogP contribution is 2.48. The molecule has 6 nitrogen and oxygen atoms in total. The first kappa shape index (κ1) is 20.9. The highest BCUT2D eigenvalue weighted by Gasteiger charge is 2.50. The predicted molar refractivity (Wildman–Crippen MR) is 129 cm³/mol. The van der Waals surface area contributed by atoms with Gasteiger partial charge in [0.25, 0.3) is 5.91 Å². The van der Waals surface area contributed by atoms with Crippen molar-refractivity contribution in [1.29, 1.82) is 0 Å². The van der Waals surface area contributed by atoms with Gasteiger partial charge in [-0.05, 0) is 43.2 Å². The molecule has 0 aliphatic carbocycles. The number of carbonyl (C=O) groups excluding carboxylic acids is 2. The van der Waals surface area contributed by atoms with Gasteiger partial charge in [0.2, 0.25) is 5.91 Å². The Morgan fingerprint density at radius 3 is 2.48 bits per heavy atom. The number of nitrogens with one attached hydrogen (secondary N) is 1. The Bertz CT molecular complexity index is 1250. The summed E-state index contributed by atoms with van der Waals surface area (Å²) in [6.45, 7) is 4.04. The number of rotatable bonds is 3. The summed E-state index contributed by atoms with van der Waals surface area (Å²) in [7, 11) is 1.81. The molecule has 0 fully saturated rings. The zero-order valence-electron chi connectivity index (χ0n) is 18.9. The molecule has 0 radical (unpaired) electrons. The van der Waals surface area contributed by atoms with E-state index in [1.807, 2.05) is 80.6 Å². The van der Waals surface area contributed by atoms with Crippen molar-refractivity contribution >= 4 is 23.2 Å². The summed E-state index contributed by atoms with van der Waals surface area (Å²) in [6, 6.07) is 20.6. The van der Waals surface area contributed by atoms with Crippen molar-refractivity contribution in [3.63, 3.8) is 0 Å². The Labute approximate surface area is 193 Å². The Hall–Kier alpha value is -3.93. The zero-order valence-corrected chi connectivity index (χ0v) is 18.9. The highest BCUT2D eigenvalue weighted by molar-refractivity contribution is 6.07. The first-order chi connectivity index (χ1) is 15.9. The van der Waals surface area contributed by atoms with Crippen molar-refractivity contribution in [2.45, 2.75) is 31.8 Å². The first-order valence-corrected chi connectivity index (χ1v) is 11.0. The largest absolute Gasteiger partial charge is 0.355 e. The molecular formula is C27H26N4O2. The molecule has 1 aromatic heterocycles. The number of aromatic nitrogens is 1. The van der Waals surface area contributed by atoms with E-state index in [-0.39, 0.29) is 18.2 Å². The minimum atomic E-state index is -0.599. The van der Waals surface area contributed by atoms with Gasteiger partial charge < -0.3 is 10.2 Å². The Kier molecular flexibility index (Phi) is 5.01. The summed E-state index contributed by atoms with van der Waals surface area (Å²) in [5.41, 5.74) is 4.09. The van der Waals surface area contributed by atoms with Crippen molar-refractivity contribution in [3.05, 3.63) is 102 Å².